The number of ether oxygens (including phenoxy) is 1. The average molecular weight is 342 g/mol. The highest BCUT2D eigenvalue weighted by molar-refractivity contribution is 9.10. The van der Waals surface area contributed by atoms with E-state index >= 15 is 0 Å². The van der Waals surface area contributed by atoms with Gasteiger partial charge >= 0.3 is 5.97 Å². The summed E-state index contributed by atoms with van der Waals surface area (Å²) in [5, 5.41) is 19.6. The summed E-state index contributed by atoms with van der Waals surface area (Å²) in [6, 6.07) is 5.61. The van der Waals surface area contributed by atoms with Crippen molar-refractivity contribution >= 4 is 27.6 Å². The van der Waals surface area contributed by atoms with Gasteiger partial charge in [0.1, 0.15) is 12.4 Å². The van der Waals surface area contributed by atoms with Crippen molar-refractivity contribution in [3.63, 3.8) is 0 Å². The van der Waals surface area contributed by atoms with Crippen molar-refractivity contribution in [3.05, 3.63) is 56.4 Å². The number of carboxylic acids is 1. The topological polar surface area (TPSA) is 103 Å². The first-order valence-corrected chi connectivity index (χ1v) is 6.14. The number of halogens is 1. The number of rotatable bonds is 5. The van der Waals surface area contributed by atoms with Crippen LogP contribution in [-0.4, -0.2) is 16.0 Å². The maximum atomic E-state index is 10.8. The van der Waals surface area contributed by atoms with E-state index in [0.717, 1.165) is 0 Å². The van der Waals surface area contributed by atoms with Crippen LogP contribution in [0.5, 0.6) is 5.75 Å². The van der Waals surface area contributed by atoms with Crippen molar-refractivity contribution in [3.8, 4) is 5.75 Å². The average Bonchev–Trinajstić information content (AvgIpc) is 2.84. The summed E-state index contributed by atoms with van der Waals surface area (Å²) in [7, 11) is 0. The Morgan fingerprint density at radius 2 is 2.20 bits per heavy atom. The van der Waals surface area contributed by atoms with E-state index in [1.165, 1.54) is 24.5 Å². The third kappa shape index (κ3) is 3.15. The molecule has 2 aromatic rings. The maximum Gasteiger partial charge on any atom is 0.372 e. The first-order valence-electron chi connectivity index (χ1n) is 5.35. The molecule has 1 heterocycles. The van der Waals surface area contributed by atoms with Crippen molar-refractivity contribution in [2.45, 2.75) is 6.61 Å². The molecule has 104 valence electrons. The van der Waals surface area contributed by atoms with Crippen molar-refractivity contribution in [2.24, 2.45) is 0 Å². The Labute approximate surface area is 121 Å². The van der Waals surface area contributed by atoms with Crippen LogP contribution in [0.25, 0.3) is 0 Å². The largest absolute Gasteiger partial charge is 0.488 e. The number of furan rings is 1. The van der Waals surface area contributed by atoms with Gasteiger partial charge in [0.25, 0.3) is 5.69 Å². The number of nitro benzene ring substituents is 1. The zero-order chi connectivity index (χ0) is 14.7. The predicted octanol–water partition coefficient (Wildman–Crippen LogP) is 3.23. The highest BCUT2D eigenvalue weighted by atomic mass is 79.9. The Balaban J connectivity index is 2.16. The van der Waals surface area contributed by atoms with E-state index < -0.39 is 10.9 Å². The summed E-state index contributed by atoms with van der Waals surface area (Å²) in [5.41, 5.74) is 0.222. The SMILES string of the molecule is O=C(O)c1occc1COc1cc(Br)cc([N+](=O)[O-])c1. The Bertz CT molecular complexity index is 666. The molecule has 7 nitrogen and oxygen atoms in total. The molecule has 0 bridgehead atoms. The van der Waals surface area contributed by atoms with Crippen LogP contribution < -0.4 is 4.74 Å². The van der Waals surface area contributed by atoms with Gasteiger partial charge in [0.15, 0.2) is 0 Å². The van der Waals surface area contributed by atoms with Gasteiger partial charge in [-0.1, -0.05) is 15.9 Å². The fraction of sp³-hybridized carbons (Fsp3) is 0.0833. The van der Waals surface area contributed by atoms with Crippen molar-refractivity contribution in [1.29, 1.82) is 0 Å². The zero-order valence-electron chi connectivity index (χ0n) is 9.91. The Morgan fingerprint density at radius 1 is 1.45 bits per heavy atom. The second kappa shape index (κ2) is 5.74. The number of hydrogen-bond acceptors (Lipinski definition) is 5. The fourth-order valence-electron chi connectivity index (χ4n) is 1.53. The highest BCUT2D eigenvalue weighted by Gasteiger charge is 2.15. The van der Waals surface area contributed by atoms with Gasteiger partial charge in [0.05, 0.1) is 17.3 Å². The van der Waals surface area contributed by atoms with Crippen LogP contribution in [0.3, 0.4) is 0 Å². The minimum atomic E-state index is -1.20. The van der Waals surface area contributed by atoms with Crippen molar-refractivity contribution in [1.82, 2.24) is 0 Å². The third-order valence-electron chi connectivity index (χ3n) is 2.40. The molecule has 0 aliphatic carbocycles. The highest BCUT2D eigenvalue weighted by Crippen LogP contribution is 2.27. The maximum absolute atomic E-state index is 10.8. The van der Waals surface area contributed by atoms with Crippen LogP contribution in [0.4, 0.5) is 5.69 Å². The quantitative estimate of drug-likeness (QED) is 0.661. The van der Waals surface area contributed by atoms with E-state index in [9.17, 15) is 14.9 Å². The molecule has 20 heavy (non-hydrogen) atoms. The molecule has 0 amide bonds. The van der Waals surface area contributed by atoms with E-state index in [1.54, 1.807) is 6.07 Å². The normalized spacial score (nSPS) is 10.2. The summed E-state index contributed by atoms with van der Waals surface area (Å²) in [6.45, 7) is -0.0637. The summed E-state index contributed by atoms with van der Waals surface area (Å²) in [6.07, 6.45) is 1.24. The smallest absolute Gasteiger partial charge is 0.372 e. The van der Waals surface area contributed by atoms with Crippen LogP contribution >= 0.6 is 15.9 Å². The lowest BCUT2D eigenvalue weighted by atomic mass is 10.2. The molecule has 8 heteroatoms. The molecule has 1 aromatic heterocycles. The third-order valence-corrected chi connectivity index (χ3v) is 2.86. The Morgan fingerprint density at radius 3 is 2.85 bits per heavy atom. The molecule has 0 radical (unpaired) electrons. The molecule has 0 saturated carbocycles. The summed E-state index contributed by atoms with van der Waals surface area (Å²) in [4.78, 5) is 21.0. The molecule has 0 saturated heterocycles. The number of carboxylic acid groups (broad SMARTS) is 1. The number of aromatic carboxylic acids is 1. The van der Waals surface area contributed by atoms with Gasteiger partial charge < -0.3 is 14.3 Å². The van der Waals surface area contributed by atoms with E-state index in [2.05, 4.69) is 15.9 Å². The number of nitrogens with zero attached hydrogens (tertiary/aromatic N) is 1. The van der Waals surface area contributed by atoms with Crippen LogP contribution in [-0.2, 0) is 6.61 Å². The standard InChI is InChI=1S/C12H8BrNO6/c13-8-3-9(14(17)18)5-10(4-8)20-6-7-1-2-19-11(7)12(15)16/h1-5H,6H2,(H,15,16). The molecule has 2 rings (SSSR count). The molecule has 0 aliphatic heterocycles. The number of non-ortho nitro benzene ring substituents is 1. The van der Waals surface area contributed by atoms with Gasteiger partial charge in [-0.25, -0.2) is 4.79 Å². The van der Waals surface area contributed by atoms with Crippen LogP contribution in [0, 0.1) is 10.1 Å². The van der Waals surface area contributed by atoms with Crippen LogP contribution in [0.2, 0.25) is 0 Å². The van der Waals surface area contributed by atoms with Gasteiger partial charge in [-0.05, 0) is 12.1 Å². The second-order valence-electron chi connectivity index (χ2n) is 3.77. The van der Waals surface area contributed by atoms with Crippen LogP contribution in [0.15, 0.2) is 39.4 Å². The van der Waals surface area contributed by atoms with Crippen LogP contribution in [0.1, 0.15) is 16.1 Å². The van der Waals surface area contributed by atoms with Gasteiger partial charge in [-0.2, -0.15) is 0 Å². The molecular weight excluding hydrogens is 334 g/mol. The minimum Gasteiger partial charge on any atom is -0.488 e. The monoisotopic (exact) mass is 341 g/mol. The molecule has 0 unspecified atom stereocenters. The summed E-state index contributed by atoms with van der Waals surface area (Å²) in [5.74, 6) is -1.16. The minimum absolute atomic E-state index is 0.0637. The number of hydrogen-bond donors (Lipinski definition) is 1. The molecule has 0 aliphatic rings. The number of nitro groups is 1. The summed E-state index contributed by atoms with van der Waals surface area (Å²) >= 11 is 3.14. The first kappa shape index (κ1) is 14.1. The zero-order valence-corrected chi connectivity index (χ0v) is 11.5. The van der Waals surface area contributed by atoms with E-state index in [1.807, 2.05) is 0 Å². The van der Waals surface area contributed by atoms with Gasteiger partial charge in [0, 0.05) is 16.1 Å². The number of carbonyl (C=O) groups is 1. The Hall–Kier alpha value is -2.35. The van der Waals surface area contributed by atoms with Crippen molar-refractivity contribution < 1.29 is 24.0 Å². The van der Waals surface area contributed by atoms with Gasteiger partial charge in [-0.3, -0.25) is 10.1 Å². The second-order valence-corrected chi connectivity index (χ2v) is 4.69. The van der Waals surface area contributed by atoms with Gasteiger partial charge in [-0.15, -0.1) is 0 Å². The van der Waals surface area contributed by atoms with E-state index in [4.69, 9.17) is 14.3 Å². The van der Waals surface area contributed by atoms with E-state index in [0.29, 0.717) is 10.0 Å². The lowest BCUT2D eigenvalue weighted by Gasteiger charge is -2.06. The van der Waals surface area contributed by atoms with Crippen molar-refractivity contribution in [2.75, 3.05) is 0 Å². The molecule has 0 atom stereocenters. The molecule has 0 fully saturated rings. The lowest BCUT2D eigenvalue weighted by Crippen LogP contribution is -2.02. The lowest BCUT2D eigenvalue weighted by molar-refractivity contribution is -0.385. The van der Waals surface area contributed by atoms with E-state index in [-0.39, 0.29) is 23.8 Å². The molecule has 1 N–H and O–H groups in total. The Kier molecular flexibility index (Phi) is 4.04. The molecule has 1 aromatic carbocycles. The predicted molar refractivity (Wildman–Crippen MR) is 70.8 cm³/mol. The number of benzene rings is 1. The first-order chi connectivity index (χ1) is 9.47. The molecule has 0 spiro atoms. The molecular formula is C12H8BrNO6. The summed E-state index contributed by atoms with van der Waals surface area (Å²) < 4.78 is 10.7. The van der Waals surface area contributed by atoms with Gasteiger partial charge in [0.2, 0.25) is 5.76 Å². The fourth-order valence-corrected chi connectivity index (χ4v) is 1.99.